The number of rotatable bonds is 4. The molecule has 0 amide bonds. The zero-order valence-electron chi connectivity index (χ0n) is 8.49. The Kier molecular flexibility index (Phi) is 3.88. The predicted octanol–water partition coefficient (Wildman–Crippen LogP) is 0.811. The molecule has 0 aromatic carbocycles. The summed E-state index contributed by atoms with van der Waals surface area (Å²) in [6, 6.07) is 0.575. The van der Waals surface area contributed by atoms with E-state index in [-0.39, 0.29) is 24.5 Å². The summed E-state index contributed by atoms with van der Waals surface area (Å²) in [5.41, 5.74) is 0. The highest BCUT2D eigenvalue weighted by Crippen LogP contribution is 2.20. The summed E-state index contributed by atoms with van der Waals surface area (Å²) >= 11 is 0. The number of carbonyl (C=O) groups is 1. The van der Waals surface area contributed by atoms with Gasteiger partial charge in [0.25, 0.3) is 0 Å². The second-order valence-electron chi connectivity index (χ2n) is 3.97. The standard InChI is InChI=1S/C10H19NO2/c1-8(6-9(2)13)11-5-3-4-10(11)7-12/h8,10,12H,3-7H2,1-2H3. The molecule has 3 heteroatoms. The van der Waals surface area contributed by atoms with Gasteiger partial charge in [0.05, 0.1) is 6.61 Å². The molecule has 1 aliphatic heterocycles. The Hall–Kier alpha value is -0.410. The highest BCUT2D eigenvalue weighted by Gasteiger charge is 2.27. The first-order valence-electron chi connectivity index (χ1n) is 5.01. The lowest BCUT2D eigenvalue weighted by Gasteiger charge is -2.28. The van der Waals surface area contributed by atoms with Crippen LogP contribution in [0.4, 0.5) is 0 Å². The molecule has 1 aliphatic rings. The number of aliphatic hydroxyl groups excluding tert-OH is 1. The van der Waals surface area contributed by atoms with Crippen LogP contribution >= 0.6 is 0 Å². The smallest absolute Gasteiger partial charge is 0.131 e. The summed E-state index contributed by atoms with van der Waals surface area (Å²) in [4.78, 5) is 13.2. The van der Waals surface area contributed by atoms with Gasteiger partial charge in [-0.25, -0.2) is 0 Å². The molecule has 76 valence electrons. The third kappa shape index (κ3) is 2.78. The van der Waals surface area contributed by atoms with Gasteiger partial charge in [-0.1, -0.05) is 0 Å². The average Bonchev–Trinajstić information content (AvgIpc) is 2.49. The lowest BCUT2D eigenvalue weighted by molar-refractivity contribution is -0.118. The highest BCUT2D eigenvalue weighted by atomic mass is 16.3. The molecule has 0 spiro atoms. The molecule has 1 saturated heterocycles. The minimum atomic E-state index is 0.224. The summed E-state index contributed by atoms with van der Waals surface area (Å²) < 4.78 is 0. The van der Waals surface area contributed by atoms with Gasteiger partial charge in [-0.15, -0.1) is 0 Å². The number of aliphatic hydroxyl groups is 1. The van der Waals surface area contributed by atoms with E-state index in [2.05, 4.69) is 11.8 Å². The molecule has 1 heterocycles. The highest BCUT2D eigenvalue weighted by molar-refractivity contribution is 5.76. The van der Waals surface area contributed by atoms with Gasteiger partial charge in [0.2, 0.25) is 0 Å². The van der Waals surface area contributed by atoms with Crippen molar-refractivity contribution < 1.29 is 9.90 Å². The molecule has 0 aromatic rings. The number of Topliss-reactive ketones (excluding diaryl/α,β-unsaturated/α-hetero) is 1. The van der Waals surface area contributed by atoms with Crippen molar-refractivity contribution in [3.63, 3.8) is 0 Å². The van der Waals surface area contributed by atoms with E-state index in [1.54, 1.807) is 6.92 Å². The molecule has 0 radical (unpaired) electrons. The van der Waals surface area contributed by atoms with Gasteiger partial charge in [0.1, 0.15) is 5.78 Å². The van der Waals surface area contributed by atoms with Crippen LogP contribution in [-0.4, -0.2) is 41.0 Å². The van der Waals surface area contributed by atoms with Crippen molar-refractivity contribution in [2.75, 3.05) is 13.2 Å². The molecular formula is C10H19NO2. The van der Waals surface area contributed by atoms with E-state index in [1.165, 1.54) is 0 Å². The van der Waals surface area contributed by atoms with Crippen molar-refractivity contribution >= 4 is 5.78 Å². The first-order valence-corrected chi connectivity index (χ1v) is 5.01. The number of ketones is 1. The summed E-state index contributed by atoms with van der Waals surface area (Å²) in [5, 5.41) is 9.09. The van der Waals surface area contributed by atoms with Gasteiger partial charge in [-0.3, -0.25) is 9.69 Å². The van der Waals surface area contributed by atoms with Crippen LogP contribution in [0.25, 0.3) is 0 Å². The second-order valence-corrected chi connectivity index (χ2v) is 3.97. The summed E-state index contributed by atoms with van der Waals surface area (Å²) in [7, 11) is 0. The van der Waals surface area contributed by atoms with Crippen LogP contribution in [0.3, 0.4) is 0 Å². The van der Waals surface area contributed by atoms with E-state index in [0.29, 0.717) is 6.42 Å². The molecule has 2 atom stereocenters. The third-order valence-corrected chi connectivity index (χ3v) is 2.78. The monoisotopic (exact) mass is 185 g/mol. The molecule has 1 fully saturated rings. The maximum Gasteiger partial charge on any atom is 0.131 e. The van der Waals surface area contributed by atoms with Crippen molar-refractivity contribution in [1.29, 1.82) is 0 Å². The van der Waals surface area contributed by atoms with E-state index >= 15 is 0 Å². The number of hydrogen-bond donors (Lipinski definition) is 1. The molecule has 0 bridgehead atoms. The normalized spacial score (nSPS) is 26.2. The molecule has 0 aliphatic carbocycles. The van der Waals surface area contributed by atoms with Crippen LogP contribution in [0.1, 0.15) is 33.1 Å². The van der Waals surface area contributed by atoms with Crippen LogP contribution in [-0.2, 0) is 4.79 Å². The molecule has 0 saturated carbocycles. The maximum atomic E-state index is 10.9. The Labute approximate surface area is 79.7 Å². The first-order chi connectivity index (χ1) is 6.15. The fourth-order valence-corrected chi connectivity index (χ4v) is 2.17. The Morgan fingerprint density at radius 1 is 1.69 bits per heavy atom. The fourth-order valence-electron chi connectivity index (χ4n) is 2.17. The van der Waals surface area contributed by atoms with Crippen LogP contribution < -0.4 is 0 Å². The Balaban J connectivity index is 2.44. The SMILES string of the molecule is CC(=O)CC(C)N1CCCC1CO. The quantitative estimate of drug-likeness (QED) is 0.704. The topological polar surface area (TPSA) is 40.5 Å². The lowest BCUT2D eigenvalue weighted by atomic mass is 10.1. The van der Waals surface area contributed by atoms with Crippen molar-refractivity contribution in [2.24, 2.45) is 0 Å². The van der Waals surface area contributed by atoms with Crippen molar-refractivity contribution in [1.82, 2.24) is 4.90 Å². The van der Waals surface area contributed by atoms with E-state index in [0.717, 1.165) is 19.4 Å². The van der Waals surface area contributed by atoms with E-state index < -0.39 is 0 Å². The van der Waals surface area contributed by atoms with Crippen LogP contribution in [0.2, 0.25) is 0 Å². The van der Waals surface area contributed by atoms with Gasteiger partial charge in [-0.2, -0.15) is 0 Å². The van der Waals surface area contributed by atoms with Crippen molar-refractivity contribution in [3.05, 3.63) is 0 Å². The van der Waals surface area contributed by atoms with Crippen molar-refractivity contribution in [2.45, 2.75) is 45.2 Å². The number of nitrogens with zero attached hydrogens (tertiary/aromatic N) is 1. The molecular weight excluding hydrogens is 166 g/mol. The van der Waals surface area contributed by atoms with Gasteiger partial charge in [0.15, 0.2) is 0 Å². The maximum absolute atomic E-state index is 10.9. The molecule has 1 N–H and O–H groups in total. The van der Waals surface area contributed by atoms with Gasteiger partial charge in [0, 0.05) is 18.5 Å². The first kappa shape index (κ1) is 10.7. The molecule has 3 nitrogen and oxygen atoms in total. The summed E-state index contributed by atoms with van der Waals surface area (Å²) in [5.74, 6) is 0.232. The number of hydrogen-bond acceptors (Lipinski definition) is 3. The Bertz CT molecular complexity index is 182. The van der Waals surface area contributed by atoms with Gasteiger partial charge in [-0.05, 0) is 33.2 Å². The van der Waals surface area contributed by atoms with E-state index in [9.17, 15) is 4.79 Å². The minimum absolute atomic E-state index is 0.224. The zero-order valence-corrected chi connectivity index (χ0v) is 8.49. The average molecular weight is 185 g/mol. The second kappa shape index (κ2) is 4.72. The lowest BCUT2D eigenvalue weighted by Crippen LogP contribution is -2.40. The van der Waals surface area contributed by atoms with Crippen LogP contribution in [0.15, 0.2) is 0 Å². The fraction of sp³-hybridized carbons (Fsp3) is 0.900. The molecule has 1 rings (SSSR count). The molecule has 2 unspecified atom stereocenters. The number of carbonyl (C=O) groups excluding carboxylic acids is 1. The van der Waals surface area contributed by atoms with Crippen LogP contribution in [0.5, 0.6) is 0 Å². The van der Waals surface area contributed by atoms with Crippen molar-refractivity contribution in [3.8, 4) is 0 Å². The third-order valence-electron chi connectivity index (χ3n) is 2.78. The predicted molar refractivity (Wildman–Crippen MR) is 51.6 cm³/mol. The molecule has 13 heavy (non-hydrogen) atoms. The van der Waals surface area contributed by atoms with Crippen LogP contribution in [0, 0.1) is 0 Å². The largest absolute Gasteiger partial charge is 0.395 e. The Morgan fingerprint density at radius 2 is 2.38 bits per heavy atom. The number of likely N-dealkylation sites (tertiary alicyclic amines) is 1. The Morgan fingerprint density at radius 3 is 2.92 bits per heavy atom. The minimum Gasteiger partial charge on any atom is -0.395 e. The summed E-state index contributed by atoms with van der Waals surface area (Å²) in [6.45, 7) is 4.94. The van der Waals surface area contributed by atoms with Gasteiger partial charge >= 0.3 is 0 Å². The molecule has 0 aromatic heterocycles. The summed E-state index contributed by atoms with van der Waals surface area (Å²) in [6.07, 6.45) is 2.82. The van der Waals surface area contributed by atoms with E-state index in [1.807, 2.05) is 0 Å². The van der Waals surface area contributed by atoms with E-state index in [4.69, 9.17) is 5.11 Å². The zero-order chi connectivity index (χ0) is 9.84. The van der Waals surface area contributed by atoms with Gasteiger partial charge < -0.3 is 5.11 Å².